The van der Waals surface area contributed by atoms with Gasteiger partial charge in [-0.1, -0.05) is 29.8 Å². The van der Waals surface area contributed by atoms with Crippen LogP contribution in [0.2, 0.25) is 0 Å². The van der Waals surface area contributed by atoms with E-state index in [1.165, 1.54) is 6.26 Å². The van der Waals surface area contributed by atoms with E-state index in [-0.39, 0.29) is 5.78 Å². The van der Waals surface area contributed by atoms with Crippen LogP contribution in [0.4, 0.5) is 0 Å². The van der Waals surface area contributed by atoms with E-state index in [0.29, 0.717) is 17.2 Å². The number of furan rings is 1. The summed E-state index contributed by atoms with van der Waals surface area (Å²) < 4.78 is 11.0. The van der Waals surface area contributed by atoms with Crippen LogP contribution in [-0.4, -0.2) is 12.8 Å². The summed E-state index contributed by atoms with van der Waals surface area (Å²) >= 11 is 0. The lowest BCUT2D eigenvalue weighted by molar-refractivity contribution is -0.121. The van der Waals surface area contributed by atoms with Crippen LogP contribution in [0.3, 0.4) is 0 Å². The number of carbonyl (C=O) groups is 1. The van der Waals surface area contributed by atoms with Crippen LogP contribution in [0.5, 0.6) is 0 Å². The van der Waals surface area contributed by atoms with Crippen LogP contribution < -0.4 is 5.32 Å². The van der Waals surface area contributed by atoms with Crippen molar-refractivity contribution in [2.45, 2.75) is 13.0 Å². The molecule has 1 unspecified atom stereocenters. The van der Waals surface area contributed by atoms with Crippen molar-refractivity contribution in [3.05, 3.63) is 65.4 Å². The summed E-state index contributed by atoms with van der Waals surface area (Å²) in [4.78, 5) is 12.6. The minimum atomic E-state index is -0.706. The largest absolute Gasteiger partial charge is 0.465 e. The number of ketones is 1. The number of ether oxygens (including phenoxy) is 1. The number of benzene rings is 1. The summed E-state index contributed by atoms with van der Waals surface area (Å²) in [6, 6.07) is 11.3. The van der Waals surface area contributed by atoms with Gasteiger partial charge in [-0.25, -0.2) is 0 Å². The maximum atomic E-state index is 12.6. The highest BCUT2D eigenvalue weighted by molar-refractivity contribution is 6.25. The van der Waals surface area contributed by atoms with Crippen molar-refractivity contribution in [3.8, 4) is 0 Å². The molecule has 1 aliphatic rings. The molecule has 102 valence electrons. The van der Waals surface area contributed by atoms with Gasteiger partial charge in [0.1, 0.15) is 0 Å². The molecule has 2 aromatic rings. The van der Waals surface area contributed by atoms with Gasteiger partial charge < -0.3 is 14.5 Å². The third-order valence-electron chi connectivity index (χ3n) is 3.28. The summed E-state index contributed by atoms with van der Waals surface area (Å²) in [5.74, 6) is 0.919. The Bertz CT molecular complexity index is 671. The third kappa shape index (κ3) is 1.99. The van der Waals surface area contributed by atoms with Gasteiger partial charge in [0.2, 0.25) is 11.9 Å². The highest BCUT2D eigenvalue weighted by atomic mass is 16.5. The molecule has 0 bridgehead atoms. The quantitative estimate of drug-likeness (QED) is 0.931. The standard InChI is InChI=1S/C16H15NO3/c1-10-5-3-6-11(9-10)13-14(18)15(20-16(13)17-2)12-7-4-8-19-12/h3-9,15,17H,1-2H3. The monoisotopic (exact) mass is 269 g/mol. The molecule has 0 fully saturated rings. The summed E-state index contributed by atoms with van der Waals surface area (Å²) in [5.41, 5.74) is 2.52. The highest BCUT2D eigenvalue weighted by Crippen LogP contribution is 2.37. The first-order valence-electron chi connectivity index (χ1n) is 6.44. The number of carbonyl (C=O) groups excluding carboxylic acids is 1. The van der Waals surface area contributed by atoms with Crippen molar-refractivity contribution in [2.24, 2.45) is 0 Å². The number of nitrogens with one attached hydrogen (secondary N) is 1. The Morgan fingerprint density at radius 2 is 2.05 bits per heavy atom. The molecule has 0 saturated heterocycles. The summed E-state index contributed by atoms with van der Waals surface area (Å²) in [7, 11) is 1.74. The zero-order valence-electron chi connectivity index (χ0n) is 11.3. The second-order valence-corrected chi connectivity index (χ2v) is 4.70. The van der Waals surface area contributed by atoms with Crippen molar-refractivity contribution >= 4 is 11.4 Å². The van der Waals surface area contributed by atoms with Crippen LogP contribution in [0.15, 0.2) is 53.0 Å². The van der Waals surface area contributed by atoms with Crippen molar-refractivity contribution in [3.63, 3.8) is 0 Å². The van der Waals surface area contributed by atoms with Gasteiger partial charge >= 0.3 is 0 Å². The van der Waals surface area contributed by atoms with E-state index >= 15 is 0 Å². The van der Waals surface area contributed by atoms with E-state index < -0.39 is 6.10 Å². The van der Waals surface area contributed by atoms with Crippen molar-refractivity contribution in [1.29, 1.82) is 0 Å². The lowest BCUT2D eigenvalue weighted by Crippen LogP contribution is -2.09. The fraction of sp³-hybridized carbons (Fsp3) is 0.188. The summed E-state index contributed by atoms with van der Waals surface area (Å²) in [5, 5.41) is 2.95. The van der Waals surface area contributed by atoms with Gasteiger partial charge in [0.25, 0.3) is 0 Å². The lowest BCUT2D eigenvalue weighted by atomic mass is 9.98. The van der Waals surface area contributed by atoms with Gasteiger partial charge in [-0.05, 0) is 24.6 Å². The molecule has 1 aromatic heterocycles. The van der Waals surface area contributed by atoms with Crippen molar-refractivity contribution < 1.29 is 13.9 Å². The van der Waals surface area contributed by atoms with E-state index in [4.69, 9.17) is 9.15 Å². The molecule has 1 atom stereocenters. The molecule has 0 radical (unpaired) electrons. The first kappa shape index (κ1) is 12.5. The first-order valence-corrected chi connectivity index (χ1v) is 6.44. The Labute approximate surface area is 117 Å². The average Bonchev–Trinajstić information content (AvgIpc) is 3.05. The molecule has 0 saturated carbocycles. The second-order valence-electron chi connectivity index (χ2n) is 4.70. The van der Waals surface area contributed by atoms with E-state index in [1.807, 2.05) is 31.2 Å². The SMILES string of the molecule is CNC1=C(c2cccc(C)c2)C(=O)C(c2ccco2)O1. The van der Waals surface area contributed by atoms with Gasteiger partial charge in [-0.3, -0.25) is 4.79 Å². The van der Waals surface area contributed by atoms with Crippen LogP contribution in [0.25, 0.3) is 5.57 Å². The van der Waals surface area contributed by atoms with Gasteiger partial charge in [0.15, 0.2) is 11.6 Å². The van der Waals surface area contributed by atoms with E-state index in [1.54, 1.807) is 19.2 Å². The van der Waals surface area contributed by atoms with Crippen LogP contribution in [0.1, 0.15) is 23.0 Å². The highest BCUT2D eigenvalue weighted by Gasteiger charge is 2.38. The molecular weight excluding hydrogens is 254 g/mol. The molecule has 0 aliphatic carbocycles. The molecule has 2 heterocycles. The molecule has 4 nitrogen and oxygen atoms in total. The molecule has 3 rings (SSSR count). The van der Waals surface area contributed by atoms with Crippen molar-refractivity contribution in [2.75, 3.05) is 7.05 Å². The van der Waals surface area contributed by atoms with Gasteiger partial charge in [-0.2, -0.15) is 0 Å². The minimum Gasteiger partial charge on any atom is -0.465 e. The maximum absolute atomic E-state index is 12.6. The predicted octanol–water partition coefficient (Wildman–Crippen LogP) is 2.82. The van der Waals surface area contributed by atoms with Crippen LogP contribution in [-0.2, 0) is 9.53 Å². The average molecular weight is 269 g/mol. The Morgan fingerprint density at radius 1 is 1.20 bits per heavy atom. The number of hydrogen-bond donors (Lipinski definition) is 1. The fourth-order valence-corrected chi connectivity index (χ4v) is 2.36. The molecule has 4 heteroatoms. The van der Waals surface area contributed by atoms with E-state index in [0.717, 1.165) is 11.1 Å². The normalized spacial score (nSPS) is 18.3. The van der Waals surface area contributed by atoms with E-state index in [9.17, 15) is 4.79 Å². The Morgan fingerprint density at radius 3 is 2.70 bits per heavy atom. The molecule has 0 amide bonds. The minimum absolute atomic E-state index is 0.0881. The third-order valence-corrected chi connectivity index (χ3v) is 3.28. The van der Waals surface area contributed by atoms with Gasteiger partial charge in [-0.15, -0.1) is 0 Å². The first-order chi connectivity index (χ1) is 9.70. The van der Waals surface area contributed by atoms with Crippen LogP contribution in [0, 0.1) is 6.92 Å². The Hall–Kier alpha value is -2.49. The fourth-order valence-electron chi connectivity index (χ4n) is 2.36. The Kier molecular flexibility index (Phi) is 3.06. The van der Waals surface area contributed by atoms with Crippen LogP contribution >= 0.6 is 0 Å². The number of Topliss-reactive ketones (excluding diaryl/α,β-unsaturated/α-hetero) is 1. The lowest BCUT2D eigenvalue weighted by Gasteiger charge is -2.07. The van der Waals surface area contributed by atoms with Crippen molar-refractivity contribution in [1.82, 2.24) is 5.32 Å². The topological polar surface area (TPSA) is 51.5 Å². The zero-order chi connectivity index (χ0) is 14.1. The predicted molar refractivity (Wildman–Crippen MR) is 74.7 cm³/mol. The summed E-state index contributed by atoms with van der Waals surface area (Å²) in [6.07, 6.45) is 0.832. The van der Waals surface area contributed by atoms with Gasteiger partial charge in [0.05, 0.1) is 11.8 Å². The summed E-state index contributed by atoms with van der Waals surface area (Å²) in [6.45, 7) is 1.99. The van der Waals surface area contributed by atoms with Gasteiger partial charge in [0, 0.05) is 7.05 Å². The maximum Gasteiger partial charge on any atom is 0.220 e. The molecule has 1 aliphatic heterocycles. The molecule has 0 spiro atoms. The Balaban J connectivity index is 2.02. The molecule has 20 heavy (non-hydrogen) atoms. The number of hydrogen-bond acceptors (Lipinski definition) is 4. The molecular formula is C16H15NO3. The number of aryl methyl sites for hydroxylation is 1. The molecule has 1 aromatic carbocycles. The zero-order valence-corrected chi connectivity index (χ0v) is 11.3. The second kappa shape index (κ2) is 4.89. The smallest absolute Gasteiger partial charge is 0.220 e. The van der Waals surface area contributed by atoms with E-state index in [2.05, 4.69) is 5.32 Å². The number of rotatable bonds is 3. The molecule has 1 N–H and O–H groups in total.